The highest BCUT2D eigenvalue weighted by Crippen LogP contribution is 2.27. The monoisotopic (exact) mass is 247 g/mol. The third-order valence-corrected chi connectivity index (χ3v) is 3.73. The Morgan fingerprint density at radius 2 is 2.22 bits per heavy atom. The molecule has 0 radical (unpaired) electrons. The van der Waals surface area contributed by atoms with Gasteiger partial charge in [0.15, 0.2) is 0 Å². The van der Waals surface area contributed by atoms with Crippen molar-refractivity contribution in [2.24, 2.45) is 5.92 Å². The Hall–Kier alpha value is -1.35. The van der Waals surface area contributed by atoms with Gasteiger partial charge in [-0.25, -0.2) is 0 Å². The molecule has 3 heteroatoms. The van der Waals surface area contributed by atoms with Gasteiger partial charge in [-0.3, -0.25) is 9.69 Å². The summed E-state index contributed by atoms with van der Waals surface area (Å²) in [6.45, 7) is 6.53. The normalized spacial score (nSPS) is 24.2. The van der Waals surface area contributed by atoms with E-state index in [1.165, 1.54) is 6.42 Å². The van der Waals surface area contributed by atoms with E-state index in [-0.39, 0.29) is 0 Å². The Kier molecular flexibility index (Phi) is 4.02. The quantitative estimate of drug-likeness (QED) is 0.766. The third-order valence-electron chi connectivity index (χ3n) is 3.73. The standard InChI is InChI=1S/C15H21NO2/c1-11-6-12(2)16(8-11)9-14-7-13(10-17)4-5-15(14)18-3/h4-5,7,10-12H,6,8-9H2,1-3H3. The molecule has 2 atom stereocenters. The van der Waals surface area contributed by atoms with Gasteiger partial charge in [-0.1, -0.05) is 6.92 Å². The Labute approximate surface area is 109 Å². The van der Waals surface area contributed by atoms with Crippen LogP contribution in [0.2, 0.25) is 0 Å². The maximum absolute atomic E-state index is 10.9. The maximum Gasteiger partial charge on any atom is 0.150 e. The van der Waals surface area contributed by atoms with Gasteiger partial charge < -0.3 is 4.74 Å². The van der Waals surface area contributed by atoms with E-state index in [1.54, 1.807) is 13.2 Å². The van der Waals surface area contributed by atoms with Crippen molar-refractivity contribution in [3.05, 3.63) is 29.3 Å². The molecule has 2 rings (SSSR count). The van der Waals surface area contributed by atoms with Gasteiger partial charge in [0.1, 0.15) is 12.0 Å². The van der Waals surface area contributed by atoms with Crippen molar-refractivity contribution in [2.45, 2.75) is 32.9 Å². The second kappa shape index (κ2) is 5.53. The molecule has 18 heavy (non-hydrogen) atoms. The number of carbonyl (C=O) groups is 1. The zero-order valence-corrected chi connectivity index (χ0v) is 11.3. The first-order valence-electron chi connectivity index (χ1n) is 6.50. The van der Waals surface area contributed by atoms with Crippen molar-refractivity contribution in [2.75, 3.05) is 13.7 Å². The third kappa shape index (κ3) is 2.72. The average molecular weight is 247 g/mol. The number of benzene rings is 1. The molecule has 0 amide bonds. The molecule has 1 fully saturated rings. The van der Waals surface area contributed by atoms with Crippen molar-refractivity contribution >= 4 is 6.29 Å². The Morgan fingerprint density at radius 3 is 2.78 bits per heavy atom. The van der Waals surface area contributed by atoms with E-state index >= 15 is 0 Å². The van der Waals surface area contributed by atoms with Gasteiger partial charge in [-0.05, 0) is 37.5 Å². The minimum absolute atomic E-state index is 0.601. The number of hydrogen-bond acceptors (Lipinski definition) is 3. The predicted octanol–water partition coefficient (Wildman–Crippen LogP) is 2.74. The molecular weight excluding hydrogens is 226 g/mol. The van der Waals surface area contributed by atoms with Crippen LogP contribution in [0.25, 0.3) is 0 Å². The Bertz CT molecular complexity index is 431. The lowest BCUT2D eigenvalue weighted by molar-refractivity contribution is 0.112. The number of rotatable bonds is 4. The summed E-state index contributed by atoms with van der Waals surface area (Å²) in [6, 6.07) is 6.21. The van der Waals surface area contributed by atoms with Crippen molar-refractivity contribution in [1.82, 2.24) is 4.90 Å². The van der Waals surface area contributed by atoms with Gasteiger partial charge in [0.2, 0.25) is 0 Å². The van der Waals surface area contributed by atoms with Crippen LogP contribution in [0.3, 0.4) is 0 Å². The number of aldehydes is 1. The molecule has 1 aromatic carbocycles. The zero-order valence-electron chi connectivity index (χ0n) is 11.3. The fourth-order valence-electron chi connectivity index (χ4n) is 2.82. The highest BCUT2D eigenvalue weighted by atomic mass is 16.5. The minimum atomic E-state index is 0.601. The molecule has 0 bridgehead atoms. The van der Waals surface area contributed by atoms with E-state index < -0.39 is 0 Å². The number of nitrogens with zero attached hydrogens (tertiary/aromatic N) is 1. The number of hydrogen-bond donors (Lipinski definition) is 0. The number of methoxy groups -OCH3 is 1. The fourth-order valence-corrected chi connectivity index (χ4v) is 2.82. The van der Waals surface area contributed by atoms with Crippen molar-refractivity contribution in [3.8, 4) is 5.75 Å². The molecule has 0 aliphatic carbocycles. The first kappa shape index (κ1) is 13.1. The Morgan fingerprint density at radius 1 is 1.44 bits per heavy atom. The molecule has 2 unspecified atom stereocenters. The highest BCUT2D eigenvalue weighted by Gasteiger charge is 2.26. The van der Waals surface area contributed by atoms with Crippen LogP contribution in [0.4, 0.5) is 0 Å². The predicted molar refractivity (Wildman–Crippen MR) is 72.0 cm³/mol. The first-order chi connectivity index (χ1) is 8.63. The summed E-state index contributed by atoms with van der Waals surface area (Å²) < 4.78 is 5.37. The summed E-state index contributed by atoms with van der Waals surface area (Å²) in [4.78, 5) is 13.3. The van der Waals surface area contributed by atoms with Crippen LogP contribution in [-0.4, -0.2) is 30.9 Å². The summed E-state index contributed by atoms with van der Waals surface area (Å²) in [7, 11) is 1.68. The lowest BCUT2D eigenvalue weighted by atomic mass is 10.1. The van der Waals surface area contributed by atoms with E-state index in [0.29, 0.717) is 11.6 Å². The molecule has 1 aromatic rings. The Balaban J connectivity index is 2.19. The van der Waals surface area contributed by atoms with Gasteiger partial charge in [-0.2, -0.15) is 0 Å². The fraction of sp³-hybridized carbons (Fsp3) is 0.533. The lowest BCUT2D eigenvalue weighted by Crippen LogP contribution is -2.26. The molecule has 3 nitrogen and oxygen atoms in total. The van der Waals surface area contributed by atoms with Crippen LogP contribution in [0.15, 0.2) is 18.2 Å². The summed E-state index contributed by atoms with van der Waals surface area (Å²) in [5.41, 5.74) is 1.81. The van der Waals surface area contributed by atoms with Crippen molar-refractivity contribution in [1.29, 1.82) is 0 Å². The average Bonchev–Trinajstić information content (AvgIpc) is 2.67. The molecule has 0 aromatic heterocycles. The molecule has 98 valence electrons. The molecule has 1 saturated heterocycles. The van der Waals surface area contributed by atoms with Crippen LogP contribution in [0, 0.1) is 5.92 Å². The van der Waals surface area contributed by atoms with Gasteiger partial charge in [0.05, 0.1) is 7.11 Å². The number of carbonyl (C=O) groups excluding carboxylic acids is 1. The molecule has 0 spiro atoms. The molecule has 0 N–H and O–H groups in total. The molecule has 0 saturated carbocycles. The van der Waals surface area contributed by atoms with E-state index in [0.717, 1.165) is 36.6 Å². The van der Waals surface area contributed by atoms with Gasteiger partial charge >= 0.3 is 0 Å². The second-order valence-electron chi connectivity index (χ2n) is 5.31. The van der Waals surface area contributed by atoms with Crippen LogP contribution in [0.5, 0.6) is 5.75 Å². The highest BCUT2D eigenvalue weighted by molar-refractivity contribution is 5.75. The molecular formula is C15H21NO2. The van der Waals surface area contributed by atoms with E-state index in [2.05, 4.69) is 18.7 Å². The summed E-state index contributed by atoms with van der Waals surface area (Å²) in [5, 5.41) is 0. The maximum atomic E-state index is 10.9. The summed E-state index contributed by atoms with van der Waals surface area (Å²) in [6.07, 6.45) is 2.13. The minimum Gasteiger partial charge on any atom is -0.496 e. The number of likely N-dealkylation sites (tertiary alicyclic amines) is 1. The van der Waals surface area contributed by atoms with Crippen molar-refractivity contribution in [3.63, 3.8) is 0 Å². The first-order valence-corrected chi connectivity index (χ1v) is 6.50. The van der Waals surface area contributed by atoms with Crippen LogP contribution in [0.1, 0.15) is 36.2 Å². The van der Waals surface area contributed by atoms with E-state index in [9.17, 15) is 4.79 Å². The van der Waals surface area contributed by atoms with Crippen LogP contribution < -0.4 is 4.74 Å². The van der Waals surface area contributed by atoms with Crippen molar-refractivity contribution < 1.29 is 9.53 Å². The van der Waals surface area contributed by atoms with Gasteiger partial charge in [0, 0.05) is 30.3 Å². The molecule has 1 aliphatic rings. The largest absolute Gasteiger partial charge is 0.496 e. The number of ether oxygens (including phenoxy) is 1. The zero-order chi connectivity index (χ0) is 13.1. The lowest BCUT2D eigenvalue weighted by Gasteiger charge is -2.22. The van der Waals surface area contributed by atoms with E-state index in [4.69, 9.17) is 4.74 Å². The SMILES string of the molecule is COc1ccc(C=O)cc1CN1CC(C)CC1C. The van der Waals surface area contributed by atoms with Crippen LogP contribution >= 0.6 is 0 Å². The molecule has 1 aliphatic heterocycles. The van der Waals surface area contributed by atoms with Crippen LogP contribution in [-0.2, 0) is 6.54 Å². The smallest absolute Gasteiger partial charge is 0.150 e. The molecule has 1 heterocycles. The topological polar surface area (TPSA) is 29.5 Å². The van der Waals surface area contributed by atoms with Gasteiger partial charge in [0.25, 0.3) is 0 Å². The summed E-state index contributed by atoms with van der Waals surface area (Å²) in [5.74, 6) is 1.62. The van der Waals surface area contributed by atoms with E-state index in [1.807, 2.05) is 12.1 Å². The summed E-state index contributed by atoms with van der Waals surface area (Å²) >= 11 is 0. The second-order valence-corrected chi connectivity index (χ2v) is 5.31. The van der Waals surface area contributed by atoms with Gasteiger partial charge in [-0.15, -0.1) is 0 Å².